The molecular weight excluding hydrogens is 653 g/mol. The largest absolute Gasteiger partial charge is 0.310 e. The van der Waals surface area contributed by atoms with Crippen molar-refractivity contribution in [1.82, 2.24) is 4.57 Å². The molecule has 0 N–H and O–H groups in total. The fourth-order valence-corrected chi connectivity index (χ4v) is 7.39. The van der Waals surface area contributed by atoms with Crippen molar-refractivity contribution in [1.29, 1.82) is 0 Å². The van der Waals surface area contributed by atoms with Gasteiger partial charge in [0.1, 0.15) is 0 Å². The highest BCUT2D eigenvalue weighted by Crippen LogP contribution is 2.43. The number of aromatic nitrogens is 1. The van der Waals surface area contributed by atoms with E-state index < -0.39 is 30.2 Å². The zero-order chi connectivity index (χ0) is 43.7. The van der Waals surface area contributed by atoms with E-state index in [0.29, 0.717) is 16.6 Å². The third-order valence-electron chi connectivity index (χ3n) is 9.91. The van der Waals surface area contributed by atoms with Crippen LogP contribution in [-0.4, -0.2) is 4.57 Å². The molecule has 10 aromatic rings. The number of rotatable bonds is 7. The lowest BCUT2D eigenvalue weighted by Crippen LogP contribution is -2.10. The lowest BCUT2D eigenvalue weighted by atomic mass is 9.97. The van der Waals surface area contributed by atoms with Crippen LogP contribution in [0.5, 0.6) is 0 Å². The number of anilines is 3. The Bertz CT molecular complexity index is 3330. The van der Waals surface area contributed by atoms with Crippen molar-refractivity contribution in [3.05, 3.63) is 218 Å². The molecule has 2 heteroatoms. The zero-order valence-corrected chi connectivity index (χ0v) is 29.0. The Morgan fingerprint density at radius 1 is 0.389 bits per heavy atom. The number of hydrogen-bond acceptors (Lipinski definition) is 1. The maximum absolute atomic E-state index is 9.60. The SMILES string of the molecule is [2H]c1c([2H])c([2H])c2c(c1[2H])c([2H])c([2H])c1c2c2c(-c3ccccc3)c([2H])c([2H])c([2H])c2n1-c1cccc(N(c2ccc(-c3ccccc3)cc2)c2ccc(-c3ccccc3)cc2)c1. The molecule has 10 rings (SSSR count). The molecule has 0 saturated heterocycles. The van der Waals surface area contributed by atoms with E-state index in [0.717, 1.165) is 39.3 Å². The van der Waals surface area contributed by atoms with Crippen LogP contribution < -0.4 is 4.90 Å². The molecule has 0 radical (unpaired) electrons. The highest BCUT2D eigenvalue weighted by Gasteiger charge is 2.20. The van der Waals surface area contributed by atoms with Crippen LogP contribution in [0.2, 0.25) is 0 Å². The number of benzene rings is 9. The molecule has 0 fully saturated rings. The van der Waals surface area contributed by atoms with Crippen molar-refractivity contribution in [3.63, 3.8) is 0 Å². The Labute approximate surface area is 328 Å². The van der Waals surface area contributed by atoms with E-state index in [-0.39, 0.29) is 56.9 Å². The lowest BCUT2D eigenvalue weighted by molar-refractivity contribution is 1.17. The summed E-state index contributed by atoms with van der Waals surface area (Å²) in [7, 11) is 0. The summed E-state index contributed by atoms with van der Waals surface area (Å²) in [6.45, 7) is 0. The second kappa shape index (κ2) is 13.4. The van der Waals surface area contributed by atoms with Crippen LogP contribution in [0.3, 0.4) is 0 Å². The number of nitrogens with zero attached hydrogens (tertiary/aromatic N) is 2. The Morgan fingerprint density at radius 3 is 1.57 bits per heavy atom. The molecule has 0 saturated carbocycles. The molecule has 0 spiro atoms. The fraction of sp³-hybridized carbons (Fsp3) is 0. The molecule has 0 aliphatic heterocycles. The van der Waals surface area contributed by atoms with Gasteiger partial charge in [0.05, 0.1) is 23.4 Å². The highest BCUT2D eigenvalue weighted by molar-refractivity contribution is 6.25. The van der Waals surface area contributed by atoms with Crippen molar-refractivity contribution in [3.8, 4) is 39.1 Å². The molecule has 0 atom stereocenters. The summed E-state index contributed by atoms with van der Waals surface area (Å²) in [4.78, 5) is 2.11. The van der Waals surface area contributed by atoms with E-state index in [9.17, 15) is 6.85 Å². The van der Waals surface area contributed by atoms with Crippen molar-refractivity contribution >= 4 is 49.6 Å². The van der Waals surface area contributed by atoms with E-state index in [4.69, 9.17) is 5.48 Å². The van der Waals surface area contributed by atoms with E-state index >= 15 is 0 Å². The molecule has 254 valence electrons. The predicted molar refractivity (Wildman–Crippen MR) is 229 cm³/mol. The highest BCUT2D eigenvalue weighted by atomic mass is 15.1. The van der Waals surface area contributed by atoms with Gasteiger partial charge in [-0.1, -0.05) is 164 Å². The van der Waals surface area contributed by atoms with Gasteiger partial charge in [-0.2, -0.15) is 0 Å². The zero-order valence-electron chi connectivity index (χ0n) is 38.0. The van der Waals surface area contributed by atoms with Gasteiger partial charge in [0.15, 0.2) is 0 Å². The summed E-state index contributed by atoms with van der Waals surface area (Å²) in [5.74, 6) is 0. The van der Waals surface area contributed by atoms with E-state index in [2.05, 4.69) is 77.7 Å². The first-order chi connectivity index (χ1) is 30.5. The minimum absolute atomic E-state index is 0.0178. The first-order valence-electron chi connectivity index (χ1n) is 22.3. The summed E-state index contributed by atoms with van der Waals surface area (Å²) in [6, 6.07) is 50.0. The average molecular weight is 698 g/mol. The Balaban J connectivity index is 1.28. The van der Waals surface area contributed by atoms with Gasteiger partial charge in [0.2, 0.25) is 0 Å². The molecule has 1 heterocycles. The van der Waals surface area contributed by atoms with E-state index in [1.807, 2.05) is 66.7 Å². The van der Waals surface area contributed by atoms with Crippen LogP contribution in [0.25, 0.3) is 71.6 Å². The molecule has 9 aromatic carbocycles. The van der Waals surface area contributed by atoms with Crippen molar-refractivity contribution in [2.75, 3.05) is 4.90 Å². The molecule has 0 unspecified atom stereocenters. The topological polar surface area (TPSA) is 8.17 Å². The maximum atomic E-state index is 9.60. The van der Waals surface area contributed by atoms with Gasteiger partial charge in [-0.3, -0.25) is 0 Å². The first kappa shape index (κ1) is 23.4. The van der Waals surface area contributed by atoms with Crippen LogP contribution in [0.1, 0.15) is 12.3 Å². The summed E-state index contributed by atoms with van der Waals surface area (Å²) >= 11 is 0. The Hall–Kier alpha value is -7.16. The normalized spacial score (nSPS) is 13.7. The van der Waals surface area contributed by atoms with Gasteiger partial charge in [0, 0.05) is 33.5 Å². The van der Waals surface area contributed by atoms with Gasteiger partial charge in [-0.05, 0) is 98.7 Å². The molecule has 2 nitrogen and oxygen atoms in total. The van der Waals surface area contributed by atoms with Gasteiger partial charge >= 0.3 is 0 Å². The van der Waals surface area contributed by atoms with Crippen LogP contribution in [0.15, 0.2) is 218 Å². The van der Waals surface area contributed by atoms with Gasteiger partial charge in [-0.15, -0.1) is 0 Å². The van der Waals surface area contributed by atoms with Crippen LogP contribution >= 0.6 is 0 Å². The van der Waals surface area contributed by atoms with Gasteiger partial charge in [0.25, 0.3) is 0 Å². The minimum atomic E-state index is -0.524. The van der Waals surface area contributed by atoms with Crippen molar-refractivity contribution in [2.45, 2.75) is 0 Å². The maximum Gasteiger partial charge on any atom is 0.0645 e. The molecule has 54 heavy (non-hydrogen) atoms. The van der Waals surface area contributed by atoms with Crippen LogP contribution in [-0.2, 0) is 0 Å². The standard InChI is InChI=1S/C52H36N2/c1-4-14-37(15-5-1)39-26-31-43(32-27-39)53(44-33-28-40(29-34-44)38-16-6-2-7-17-38)45-21-12-22-46(36-45)54-49-25-13-24-48(41-18-8-3-9-19-41)51(49)52-47-23-11-10-20-42(47)30-35-50(52)54/h1-36H/i10D,11D,13D,20D,23D,24D,25D,30D,35D. The molecular formula is C52H36N2. The average Bonchev–Trinajstić information content (AvgIpc) is 3.68. The summed E-state index contributed by atoms with van der Waals surface area (Å²) < 4.78 is 83.8. The lowest BCUT2D eigenvalue weighted by Gasteiger charge is -2.26. The molecule has 0 aliphatic rings. The number of fused-ring (bicyclic) bond motifs is 5. The fourth-order valence-electron chi connectivity index (χ4n) is 7.39. The molecule has 0 amide bonds. The first-order valence-corrected chi connectivity index (χ1v) is 17.8. The summed E-state index contributed by atoms with van der Waals surface area (Å²) in [5, 5.41) is 0.400. The van der Waals surface area contributed by atoms with Crippen molar-refractivity contribution < 1.29 is 12.3 Å². The third-order valence-corrected chi connectivity index (χ3v) is 9.91. The summed E-state index contributed by atoms with van der Waals surface area (Å²) in [5.41, 5.74) is 8.35. The molecule has 0 aliphatic carbocycles. The molecule has 0 bridgehead atoms. The predicted octanol–water partition coefficient (Wildman–Crippen LogP) is 14.4. The van der Waals surface area contributed by atoms with E-state index in [1.54, 1.807) is 28.8 Å². The smallest absolute Gasteiger partial charge is 0.0645 e. The third kappa shape index (κ3) is 5.53. The number of hydrogen-bond donors (Lipinski definition) is 0. The van der Waals surface area contributed by atoms with Gasteiger partial charge < -0.3 is 9.47 Å². The van der Waals surface area contributed by atoms with Crippen LogP contribution in [0, 0.1) is 0 Å². The minimum Gasteiger partial charge on any atom is -0.310 e. The molecule has 1 aromatic heterocycles. The van der Waals surface area contributed by atoms with E-state index in [1.165, 1.54) is 0 Å². The monoisotopic (exact) mass is 697 g/mol. The second-order valence-electron chi connectivity index (χ2n) is 13.1. The van der Waals surface area contributed by atoms with Gasteiger partial charge in [-0.25, -0.2) is 0 Å². The Morgan fingerprint density at radius 2 is 0.944 bits per heavy atom. The summed E-state index contributed by atoms with van der Waals surface area (Å²) in [6.07, 6.45) is 0. The quantitative estimate of drug-likeness (QED) is 0.161. The Kier molecular flexibility index (Phi) is 5.82. The van der Waals surface area contributed by atoms with Crippen LogP contribution in [0.4, 0.5) is 17.1 Å². The second-order valence-corrected chi connectivity index (χ2v) is 13.1. The van der Waals surface area contributed by atoms with Crippen molar-refractivity contribution in [2.24, 2.45) is 0 Å².